The zero-order valence-electron chi connectivity index (χ0n) is 10.3. The van der Waals surface area contributed by atoms with E-state index in [0.29, 0.717) is 16.8 Å². The molecule has 19 heavy (non-hydrogen) atoms. The van der Waals surface area contributed by atoms with E-state index < -0.39 is 0 Å². The van der Waals surface area contributed by atoms with Gasteiger partial charge < -0.3 is 4.42 Å². The van der Waals surface area contributed by atoms with Crippen molar-refractivity contribution < 1.29 is 4.42 Å². The molecule has 0 aliphatic carbocycles. The molecule has 0 aliphatic heterocycles. The third-order valence-electron chi connectivity index (χ3n) is 2.78. The molecule has 4 heteroatoms. The summed E-state index contributed by atoms with van der Waals surface area (Å²) in [6, 6.07) is 15.3. The molecule has 3 aromatic rings. The van der Waals surface area contributed by atoms with E-state index in [9.17, 15) is 0 Å². The van der Waals surface area contributed by atoms with Crippen molar-refractivity contribution >= 4 is 11.6 Å². The van der Waals surface area contributed by atoms with Gasteiger partial charge in [-0.25, -0.2) is 0 Å². The van der Waals surface area contributed by atoms with E-state index in [1.165, 1.54) is 0 Å². The van der Waals surface area contributed by atoms with Crippen LogP contribution < -0.4 is 0 Å². The van der Waals surface area contributed by atoms with Gasteiger partial charge in [0.05, 0.1) is 0 Å². The number of nitrogens with zero attached hydrogens (tertiary/aromatic N) is 2. The maximum Gasteiger partial charge on any atom is 0.248 e. The Morgan fingerprint density at radius 2 is 1.58 bits per heavy atom. The van der Waals surface area contributed by atoms with Crippen LogP contribution in [0.1, 0.15) is 5.56 Å². The van der Waals surface area contributed by atoms with Gasteiger partial charge in [0.1, 0.15) is 0 Å². The summed E-state index contributed by atoms with van der Waals surface area (Å²) in [4.78, 5) is 0. The number of halogens is 1. The molecule has 0 amide bonds. The molecule has 0 radical (unpaired) electrons. The van der Waals surface area contributed by atoms with Crippen LogP contribution in [0, 0.1) is 6.92 Å². The van der Waals surface area contributed by atoms with Crippen molar-refractivity contribution in [2.24, 2.45) is 0 Å². The maximum atomic E-state index is 5.85. The average molecular weight is 271 g/mol. The molecule has 0 N–H and O–H groups in total. The van der Waals surface area contributed by atoms with Crippen molar-refractivity contribution in [3.8, 4) is 22.9 Å². The molecule has 3 rings (SSSR count). The second-order valence-electron chi connectivity index (χ2n) is 4.29. The van der Waals surface area contributed by atoms with Gasteiger partial charge in [0, 0.05) is 16.1 Å². The molecule has 0 unspecified atom stereocenters. The van der Waals surface area contributed by atoms with E-state index in [1.54, 1.807) is 12.1 Å². The molecular formula is C15H11ClN2O. The summed E-state index contributed by atoms with van der Waals surface area (Å²) in [6.07, 6.45) is 0. The van der Waals surface area contributed by atoms with Crippen molar-refractivity contribution in [1.29, 1.82) is 0 Å². The summed E-state index contributed by atoms with van der Waals surface area (Å²) >= 11 is 5.85. The standard InChI is InChI=1S/C15H11ClN2O/c1-10-3-2-4-12(9-10)15-18-17-14(19-15)11-5-7-13(16)8-6-11/h2-9H,1H3. The lowest BCUT2D eigenvalue weighted by atomic mass is 10.1. The molecule has 0 saturated heterocycles. The molecule has 94 valence electrons. The summed E-state index contributed by atoms with van der Waals surface area (Å²) in [5.74, 6) is 1.02. The lowest BCUT2D eigenvalue weighted by molar-refractivity contribution is 0.584. The number of hydrogen-bond acceptors (Lipinski definition) is 3. The lowest BCUT2D eigenvalue weighted by Gasteiger charge is -1.96. The van der Waals surface area contributed by atoms with E-state index in [1.807, 2.05) is 43.3 Å². The summed E-state index contributed by atoms with van der Waals surface area (Å²) < 4.78 is 5.69. The fourth-order valence-electron chi connectivity index (χ4n) is 1.83. The molecule has 1 heterocycles. The second kappa shape index (κ2) is 4.86. The number of hydrogen-bond donors (Lipinski definition) is 0. The predicted molar refractivity (Wildman–Crippen MR) is 74.9 cm³/mol. The van der Waals surface area contributed by atoms with Crippen LogP contribution in [-0.4, -0.2) is 10.2 Å². The Kier molecular flexibility index (Phi) is 3.05. The Morgan fingerprint density at radius 3 is 2.26 bits per heavy atom. The van der Waals surface area contributed by atoms with E-state index in [-0.39, 0.29) is 0 Å². The number of benzene rings is 2. The Morgan fingerprint density at radius 1 is 0.895 bits per heavy atom. The largest absolute Gasteiger partial charge is 0.416 e. The van der Waals surface area contributed by atoms with Crippen LogP contribution in [0.5, 0.6) is 0 Å². The first kappa shape index (κ1) is 11.9. The van der Waals surface area contributed by atoms with E-state index in [2.05, 4.69) is 10.2 Å². The number of aromatic nitrogens is 2. The zero-order valence-corrected chi connectivity index (χ0v) is 11.1. The molecule has 0 saturated carbocycles. The van der Waals surface area contributed by atoms with E-state index in [4.69, 9.17) is 16.0 Å². The van der Waals surface area contributed by atoms with Crippen LogP contribution in [0.25, 0.3) is 22.9 Å². The Labute approximate surface area is 115 Å². The second-order valence-corrected chi connectivity index (χ2v) is 4.73. The van der Waals surface area contributed by atoms with Crippen LogP contribution >= 0.6 is 11.6 Å². The van der Waals surface area contributed by atoms with Crippen LogP contribution in [0.2, 0.25) is 5.02 Å². The minimum atomic E-state index is 0.494. The van der Waals surface area contributed by atoms with Gasteiger partial charge in [-0.05, 0) is 43.3 Å². The first-order valence-corrected chi connectivity index (χ1v) is 6.27. The zero-order chi connectivity index (χ0) is 13.2. The molecule has 0 spiro atoms. The first-order valence-electron chi connectivity index (χ1n) is 5.89. The Hall–Kier alpha value is -2.13. The monoisotopic (exact) mass is 270 g/mol. The molecule has 0 aliphatic rings. The average Bonchev–Trinajstić information content (AvgIpc) is 2.89. The SMILES string of the molecule is Cc1cccc(-c2nnc(-c3ccc(Cl)cc3)o2)c1. The van der Waals surface area contributed by atoms with Gasteiger partial charge in [0.25, 0.3) is 0 Å². The summed E-state index contributed by atoms with van der Waals surface area (Å²) in [6.45, 7) is 2.03. The molecule has 0 atom stereocenters. The topological polar surface area (TPSA) is 38.9 Å². The quantitative estimate of drug-likeness (QED) is 0.694. The van der Waals surface area contributed by atoms with Gasteiger partial charge in [-0.3, -0.25) is 0 Å². The molecule has 2 aromatic carbocycles. The van der Waals surface area contributed by atoms with Gasteiger partial charge in [-0.1, -0.05) is 29.3 Å². The van der Waals surface area contributed by atoms with Gasteiger partial charge >= 0.3 is 0 Å². The summed E-state index contributed by atoms with van der Waals surface area (Å²) in [7, 11) is 0. The number of aryl methyl sites for hydroxylation is 1. The highest BCUT2D eigenvalue weighted by Gasteiger charge is 2.10. The Balaban J connectivity index is 1.97. The van der Waals surface area contributed by atoms with Gasteiger partial charge in [0.2, 0.25) is 11.8 Å². The van der Waals surface area contributed by atoms with Crippen LogP contribution in [-0.2, 0) is 0 Å². The van der Waals surface area contributed by atoms with Crippen molar-refractivity contribution in [2.45, 2.75) is 6.92 Å². The van der Waals surface area contributed by atoms with Crippen LogP contribution in [0.15, 0.2) is 52.9 Å². The normalized spacial score (nSPS) is 10.6. The highest BCUT2D eigenvalue weighted by molar-refractivity contribution is 6.30. The Bertz CT molecular complexity index is 704. The predicted octanol–water partition coefficient (Wildman–Crippen LogP) is 4.37. The third kappa shape index (κ3) is 2.51. The summed E-state index contributed by atoms with van der Waals surface area (Å²) in [5.41, 5.74) is 2.94. The highest BCUT2D eigenvalue weighted by Crippen LogP contribution is 2.25. The van der Waals surface area contributed by atoms with Gasteiger partial charge in [-0.2, -0.15) is 0 Å². The smallest absolute Gasteiger partial charge is 0.248 e. The van der Waals surface area contributed by atoms with Gasteiger partial charge in [0.15, 0.2) is 0 Å². The minimum absolute atomic E-state index is 0.494. The van der Waals surface area contributed by atoms with Crippen molar-refractivity contribution in [2.75, 3.05) is 0 Å². The fourth-order valence-corrected chi connectivity index (χ4v) is 1.95. The van der Waals surface area contributed by atoms with E-state index in [0.717, 1.165) is 16.7 Å². The molecule has 0 bridgehead atoms. The van der Waals surface area contributed by atoms with E-state index >= 15 is 0 Å². The number of rotatable bonds is 2. The minimum Gasteiger partial charge on any atom is -0.416 e. The highest BCUT2D eigenvalue weighted by atomic mass is 35.5. The maximum absolute atomic E-state index is 5.85. The molecule has 3 nitrogen and oxygen atoms in total. The first-order chi connectivity index (χ1) is 9.22. The van der Waals surface area contributed by atoms with Crippen LogP contribution in [0.4, 0.5) is 0 Å². The molecule has 0 fully saturated rings. The van der Waals surface area contributed by atoms with Crippen molar-refractivity contribution in [3.05, 3.63) is 59.1 Å². The fraction of sp³-hybridized carbons (Fsp3) is 0.0667. The van der Waals surface area contributed by atoms with Crippen LogP contribution in [0.3, 0.4) is 0 Å². The lowest BCUT2D eigenvalue weighted by Crippen LogP contribution is -1.78. The third-order valence-corrected chi connectivity index (χ3v) is 3.03. The van der Waals surface area contributed by atoms with Crippen molar-refractivity contribution in [3.63, 3.8) is 0 Å². The van der Waals surface area contributed by atoms with Gasteiger partial charge in [-0.15, -0.1) is 10.2 Å². The molecular weight excluding hydrogens is 260 g/mol. The molecule has 1 aromatic heterocycles. The van der Waals surface area contributed by atoms with Crippen molar-refractivity contribution in [1.82, 2.24) is 10.2 Å². The summed E-state index contributed by atoms with van der Waals surface area (Å²) in [5, 5.41) is 8.82.